The number of carbonyl (C=O) groups is 2. The lowest BCUT2D eigenvalue weighted by Crippen LogP contribution is -2.18. The third-order valence-corrected chi connectivity index (χ3v) is 3.70. The third-order valence-electron chi connectivity index (χ3n) is 3.70. The number of nitrogens with zero attached hydrogens (tertiary/aromatic N) is 5. The van der Waals surface area contributed by atoms with E-state index in [2.05, 4.69) is 30.8 Å². The predicted octanol–water partition coefficient (Wildman–Crippen LogP) is 1.13. The molecule has 0 unspecified atom stereocenters. The van der Waals surface area contributed by atoms with Crippen LogP contribution in [0.3, 0.4) is 0 Å². The summed E-state index contributed by atoms with van der Waals surface area (Å²) in [4.78, 5) is 33.0. The monoisotopic (exact) mass is 369 g/mol. The van der Waals surface area contributed by atoms with Gasteiger partial charge in [-0.2, -0.15) is 10.2 Å². The van der Waals surface area contributed by atoms with Crippen LogP contribution in [0.1, 0.15) is 22.5 Å². The van der Waals surface area contributed by atoms with Gasteiger partial charge in [-0.25, -0.2) is 14.4 Å². The average molecular weight is 369 g/mol. The molecule has 0 fully saturated rings. The first-order valence-corrected chi connectivity index (χ1v) is 8.06. The van der Waals surface area contributed by atoms with Gasteiger partial charge in [0.1, 0.15) is 11.5 Å². The van der Waals surface area contributed by atoms with Gasteiger partial charge >= 0.3 is 0 Å². The fraction of sp³-hybridized carbons (Fsp3) is 0.176. The Balaban J connectivity index is 1.69. The normalized spacial score (nSPS) is 10.4. The summed E-state index contributed by atoms with van der Waals surface area (Å²) >= 11 is 0. The molecule has 2 N–H and O–H groups in total. The second kappa shape index (κ2) is 8.13. The molecule has 0 aliphatic rings. The Kier molecular flexibility index (Phi) is 5.45. The number of rotatable bonds is 6. The Labute approximate surface area is 153 Å². The summed E-state index contributed by atoms with van der Waals surface area (Å²) in [6.07, 6.45) is 6.04. The van der Waals surface area contributed by atoms with Gasteiger partial charge in [-0.1, -0.05) is 0 Å². The summed E-state index contributed by atoms with van der Waals surface area (Å²) in [5.41, 5.74) is 0.817. The van der Waals surface area contributed by atoms with Gasteiger partial charge in [0.25, 0.3) is 5.91 Å². The summed E-state index contributed by atoms with van der Waals surface area (Å²) in [6.45, 7) is 0. The molecule has 0 saturated carbocycles. The molecule has 3 aromatic rings. The summed E-state index contributed by atoms with van der Waals surface area (Å²) in [5, 5.41) is 13.0. The highest BCUT2D eigenvalue weighted by Crippen LogP contribution is 2.17. The topological polar surface area (TPSA) is 115 Å². The van der Waals surface area contributed by atoms with E-state index in [1.807, 2.05) is 0 Å². The standard InChI is InChI=1S/C17H16FN7O2/c1-19-16(26)5-2-11-8-12(3-4-13(11)18)24-17(27)14-9-21-15(10-20-14)25-22-6-7-23-25/h3-4,6-10H,2,5H2,1H3,(H,19,26)(H,24,27). The highest BCUT2D eigenvalue weighted by Gasteiger charge is 2.12. The summed E-state index contributed by atoms with van der Waals surface area (Å²) in [6, 6.07) is 4.17. The molecule has 0 atom stereocenters. The molecule has 0 radical (unpaired) electrons. The van der Waals surface area contributed by atoms with Crippen LogP contribution in [0.25, 0.3) is 5.82 Å². The molecule has 1 aromatic carbocycles. The molecule has 0 aliphatic carbocycles. The van der Waals surface area contributed by atoms with E-state index < -0.39 is 11.7 Å². The van der Waals surface area contributed by atoms with Gasteiger partial charge in [-0.05, 0) is 30.2 Å². The smallest absolute Gasteiger partial charge is 0.275 e. The zero-order valence-electron chi connectivity index (χ0n) is 14.4. The first-order valence-electron chi connectivity index (χ1n) is 8.06. The Bertz CT molecular complexity index is 942. The molecule has 2 heterocycles. The number of anilines is 1. The Hall–Kier alpha value is -3.69. The molecule has 0 spiro atoms. The number of aromatic nitrogens is 5. The molecule has 10 heteroatoms. The van der Waals surface area contributed by atoms with Crippen molar-refractivity contribution in [2.24, 2.45) is 0 Å². The zero-order valence-corrected chi connectivity index (χ0v) is 14.4. The van der Waals surface area contributed by atoms with Crippen molar-refractivity contribution in [3.05, 3.63) is 60.1 Å². The van der Waals surface area contributed by atoms with E-state index in [0.717, 1.165) is 0 Å². The van der Waals surface area contributed by atoms with Crippen LogP contribution in [-0.2, 0) is 11.2 Å². The van der Waals surface area contributed by atoms with Crippen molar-refractivity contribution in [1.82, 2.24) is 30.3 Å². The molecular weight excluding hydrogens is 353 g/mol. The summed E-state index contributed by atoms with van der Waals surface area (Å²) in [7, 11) is 1.52. The second-order valence-corrected chi connectivity index (χ2v) is 5.51. The third kappa shape index (κ3) is 4.48. The molecule has 0 bridgehead atoms. The van der Waals surface area contributed by atoms with Crippen LogP contribution < -0.4 is 10.6 Å². The Morgan fingerprint density at radius 2 is 1.93 bits per heavy atom. The SMILES string of the molecule is CNC(=O)CCc1cc(NC(=O)c2cnc(-n3nccn3)cn2)ccc1F. The summed E-state index contributed by atoms with van der Waals surface area (Å²) in [5.74, 6) is -0.750. The first kappa shape index (κ1) is 18.1. The van der Waals surface area contributed by atoms with Crippen molar-refractivity contribution in [2.75, 3.05) is 12.4 Å². The molecule has 138 valence electrons. The van der Waals surface area contributed by atoms with Crippen LogP contribution in [0.2, 0.25) is 0 Å². The van der Waals surface area contributed by atoms with Crippen LogP contribution in [0.5, 0.6) is 0 Å². The van der Waals surface area contributed by atoms with Crippen molar-refractivity contribution in [3.63, 3.8) is 0 Å². The minimum absolute atomic E-state index is 0.0853. The number of nitrogens with one attached hydrogen (secondary N) is 2. The second-order valence-electron chi connectivity index (χ2n) is 5.51. The van der Waals surface area contributed by atoms with Crippen LogP contribution in [-0.4, -0.2) is 43.8 Å². The number of halogens is 1. The zero-order chi connectivity index (χ0) is 19.2. The van der Waals surface area contributed by atoms with E-state index in [4.69, 9.17) is 0 Å². The van der Waals surface area contributed by atoms with Crippen LogP contribution >= 0.6 is 0 Å². The molecular formula is C17H16FN7O2. The minimum Gasteiger partial charge on any atom is -0.359 e. The predicted molar refractivity (Wildman–Crippen MR) is 93.7 cm³/mol. The lowest BCUT2D eigenvalue weighted by atomic mass is 10.1. The van der Waals surface area contributed by atoms with E-state index in [0.29, 0.717) is 17.1 Å². The van der Waals surface area contributed by atoms with Crippen molar-refractivity contribution in [3.8, 4) is 5.82 Å². The van der Waals surface area contributed by atoms with E-state index in [-0.39, 0.29) is 24.4 Å². The minimum atomic E-state index is -0.494. The van der Waals surface area contributed by atoms with Crippen LogP contribution in [0.4, 0.5) is 10.1 Å². The molecule has 27 heavy (non-hydrogen) atoms. The number of benzene rings is 1. The number of carbonyl (C=O) groups excluding carboxylic acids is 2. The van der Waals surface area contributed by atoms with Gasteiger partial charge < -0.3 is 10.6 Å². The first-order chi connectivity index (χ1) is 13.1. The number of hydrogen-bond acceptors (Lipinski definition) is 6. The number of hydrogen-bond donors (Lipinski definition) is 2. The van der Waals surface area contributed by atoms with Gasteiger partial charge in [0, 0.05) is 19.2 Å². The van der Waals surface area contributed by atoms with Crippen molar-refractivity contribution < 1.29 is 14.0 Å². The molecule has 0 saturated heterocycles. The van der Waals surface area contributed by atoms with E-state index in [1.165, 1.54) is 54.8 Å². The fourth-order valence-corrected chi connectivity index (χ4v) is 2.29. The largest absolute Gasteiger partial charge is 0.359 e. The van der Waals surface area contributed by atoms with E-state index >= 15 is 0 Å². The van der Waals surface area contributed by atoms with Gasteiger partial charge in [0.2, 0.25) is 5.91 Å². The number of aryl methyl sites for hydroxylation is 1. The highest BCUT2D eigenvalue weighted by atomic mass is 19.1. The Morgan fingerprint density at radius 3 is 2.59 bits per heavy atom. The van der Waals surface area contributed by atoms with Gasteiger partial charge in [0.15, 0.2) is 5.82 Å². The summed E-state index contributed by atoms with van der Waals surface area (Å²) < 4.78 is 13.9. The van der Waals surface area contributed by atoms with E-state index in [9.17, 15) is 14.0 Å². The quantitative estimate of drug-likeness (QED) is 0.673. The van der Waals surface area contributed by atoms with Crippen molar-refractivity contribution >= 4 is 17.5 Å². The molecule has 2 amide bonds. The highest BCUT2D eigenvalue weighted by molar-refractivity contribution is 6.02. The van der Waals surface area contributed by atoms with Gasteiger partial charge in [-0.15, -0.1) is 4.80 Å². The van der Waals surface area contributed by atoms with Crippen LogP contribution in [0.15, 0.2) is 43.0 Å². The van der Waals surface area contributed by atoms with Crippen molar-refractivity contribution in [2.45, 2.75) is 12.8 Å². The molecule has 2 aromatic heterocycles. The van der Waals surface area contributed by atoms with Gasteiger partial charge in [0.05, 0.1) is 24.8 Å². The maximum atomic E-state index is 13.9. The average Bonchev–Trinajstić information content (AvgIpc) is 3.23. The van der Waals surface area contributed by atoms with Crippen LogP contribution in [0, 0.1) is 5.82 Å². The maximum absolute atomic E-state index is 13.9. The Morgan fingerprint density at radius 1 is 1.15 bits per heavy atom. The van der Waals surface area contributed by atoms with Gasteiger partial charge in [-0.3, -0.25) is 9.59 Å². The maximum Gasteiger partial charge on any atom is 0.275 e. The molecule has 9 nitrogen and oxygen atoms in total. The van der Waals surface area contributed by atoms with E-state index in [1.54, 1.807) is 0 Å². The molecule has 0 aliphatic heterocycles. The van der Waals surface area contributed by atoms with Crippen molar-refractivity contribution in [1.29, 1.82) is 0 Å². The number of amides is 2. The lowest BCUT2D eigenvalue weighted by Gasteiger charge is -2.08. The lowest BCUT2D eigenvalue weighted by molar-refractivity contribution is -0.120. The molecule has 3 rings (SSSR count). The fourth-order valence-electron chi connectivity index (χ4n) is 2.29.